The van der Waals surface area contributed by atoms with E-state index in [0.29, 0.717) is 17.0 Å². The third-order valence-electron chi connectivity index (χ3n) is 5.61. The van der Waals surface area contributed by atoms with Gasteiger partial charge in [0.25, 0.3) is 11.5 Å². The number of ether oxygens (including phenoxy) is 1. The van der Waals surface area contributed by atoms with Crippen molar-refractivity contribution in [2.75, 3.05) is 7.11 Å². The van der Waals surface area contributed by atoms with E-state index in [4.69, 9.17) is 37.6 Å². The lowest BCUT2D eigenvalue weighted by atomic mass is 9.86. The molecule has 2 heterocycles. The summed E-state index contributed by atoms with van der Waals surface area (Å²) in [5, 5.41) is 8.83. The molecule has 13 heteroatoms. The van der Waals surface area contributed by atoms with Gasteiger partial charge in [-0.1, -0.05) is 34.4 Å². The average Bonchev–Trinajstić information content (AvgIpc) is 3.44. The smallest absolute Gasteiger partial charge is 0.435 e. The molecule has 0 saturated carbocycles. The van der Waals surface area contributed by atoms with E-state index in [9.17, 15) is 22.4 Å². The number of nitrogens with one attached hydrogen (secondary N) is 1. The minimum atomic E-state index is -4.93. The number of amides is 1. The number of aryl methyl sites for hydroxylation is 1. The second-order valence-electron chi connectivity index (χ2n) is 7.88. The van der Waals surface area contributed by atoms with Gasteiger partial charge in [-0.3, -0.25) is 4.79 Å². The molecular formula is C22H17Cl2F4N3O4. The second kappa shape index (κ2) is 9.19. The highest BCUT2D eigenvalue weighted by Gasteiger charge is 2.62. The Labute approximate surface area is 206 Å². The zero-order valence-electron chi connectivity index (χ0n) is 18.2. The quantitative estimate of drug-likeness (QED) is 0.418. The molecule has 7 nitrogen and oxygen atoms in total. The topological polar surface area (TPSA) is 81.5 Å². The maximum atomic E-state index is 14.2. The van der Waals surface area contributed by atoms with Gasteiger partial charge < -0.3 is 19.7 Å². The zero-order valence-corrected chi connectivity index (χ0v) is 19.7. The summed E-state index contributed by atoms with van der Waals surface area (Å²) >= 11 is 11.5. The van der Waals surface area contributed by atoms with Crippen LogP contribution in [0.2, 0.25) is 10.0 Å². The van der Waals surface area contributed by atoms with Gasteiger partial charge in [-0.05, 0) is 47.5 Å². The summed E-state index contributed by atoms with van der Waals surface area (Å²) in [5.41, 5.74) is -2.35. The molecule has 0 spiro atoms. The number of benzene rings is 2. The number of hydrogen-bond acceptors (Lipinski definition) is 6. The summed E-state index contributed by atoms with van der Waals surface area (Å²) in [6.45, 7) is 1.62. The fourth-order valence-electron chi connectivity index (χ4n) is 3.72. The van der Waals surface area contributed by atoms with E-state index in [1.807, 2.05) is 0 Å². The highest BCUT2D eigenvalue weighted by molar-refractivity contribution is 6.35. The molecule has 0 radical (unpaired) electrons. The number of nitrogens with zero attached hydrogens (tertiary/aromatic N) is 2. The number of oxime groups is 2. The Bertz CT molecular complexity index is 1230. The number of alkyl halides is 3. The molecule has 0 bridgehead atoms. The maximum Gasteiger partial charge on any atom is 0.435 e. The number of rotatable bonds is 4. The Balaban J connectivity index is 1.56. The summed E-state index contributed by atoms with van der Waals surface area (Å²) in [4.78, 5) is 22.6. The first-order valence-electron chi connectivity index (χ1n) is 10.1. The van der Waals surface area contributed by atoms with E-state index in [0.717, 1.165) is 12.1 Å². The molecule has 2 atom stereocenters. The Hall–Kier alpha value is -3.05. The zero-order chi connectivity index (χ0) is 25.5. The lowest BCUT2D eigenvalue weighted by Crippen LogP contribution is -2.42. The largest absolute Gasteiger partial charge is 0.482 e. The highest BCUT2D eigenvalue weighted by atomic mass is 35.5. The number of halogens is 6. The van der Waals surface area contributed by atoms with E-state index < -0.39 is 51.8 Å². The van der Waals surface area contributed by atoms with Crippen LogP contribution in [0.25, 0.3) is 0 Å². The Kier molecular flexibility index (Phi) is 6.58. The van der Waals surface area contributed by atoms with E-state index in [1.54, 1.807) is 6.92 Å². The van der Waals surface area contributed by atoms with Crippen molar-refractivity contribution in [3.63, 3.8) is 0 Å². The first-order valence-corrected chi connectivity index (χ1v) is 10.9. The van der Waals surface area contributed by atoms with Gasteiger partial charge in [-0.2, -0.15) is 13.2 Å². The minimum Gasteiger partial charge on any atom is -0.482 e. The molecule has 2 aromatic carbocycles. The molecule has 186 valence electrons. The molecule has 4 rings (SSSR count). The Morgan fingerprint density at radius 2 is 1.89 bits per heavy atom. The van der Waals surface area contributed by atoms with Gasteiger partial charge in [-0.15, -0.1) is 0 Å². The van der Waals surface area contributed by atoms with Gasteiger partial charge in [0, 0.05) is 17.5 Å². The molecule has 35 heavy (non-hydrogen) atoms. The molecule has 2 aromatic rings. The van der Waals surface area contributed by atoms with Gasteiger partial charge in [-0.25, -0.2) is 4.39 Å². The van der Waals surface area contributed by atoms with Crippen LogP contribution in [0.3, 0.4) is 0 Å². The van der Waals surface area contributed by atoms with Crippen LogP contribution < -0.4 is 5.32 Å². The number of methoxy groups -OCH3 is 1. The molecule has 1 unspecified atom stereocenters. The molecule has 0 aliphatic carbocycles. The SMILES string of the molecule is COC1=NOC(NC(=O)c2ccc(C3=NO[C@@](c4cc(Cl)c(F)c(Cl)c4)(C(F)(F)F)C3)cc2C)C1. The van der Waals surface area contributed by atoms with Gasteiger partial charge in [0.2, 0.25) is 12.1 Å². The Morgan fingerprint density at radius 3 is 2.46 bits per heavy atom. The van der Waals surface area contributed by atoms with Crippen LogP contribution >= 0.6 is 23.2 Å². The van der Waals surface area contributed by atoms with Crippen LogP contribution in [0.5, 0.6) is 0 Å². The van der Waals surface area contributed by atoms with E-state index in [-0.39, 0.29) is 17.7 Å². The van der Waals surface area contributed by atoms with Crippen LogP contribution in [0.4, 0.5) is 17.6 Å². The van der Waals surface area contributed by atoms with Crippen LogP contribution in [-0.4, -0.2) is 37.0 Å². The first-order chi connectivity index (χ1) is 16.4. The van der Waals surface area contributed by atoms with Crippen molar-refractivity contribution in [2.45, 2.75) is 37.8 Å². The maximum absolute atomic E-state index is 14.2. The van der Waals surface area contributed by atoms with Crippen molar-refractivity contribution in [1.82, 2.24) is 5.32 Å². The fraction of sp³-hybridized carbons (Fsp3) is 0.318. The molecule has 0 saturated heterocycles. The normalized spacial score (nSPS) is 21.7. The monoisotopic (exact) mass is 533 g/mol. The van der Waals surface area contributed by atoms with Gasteiger partial charge in [0.05, 0.1) is 29.3 Å². The van der Waals surface area contributed by atoms with Gasteiger partial charge >= 0.3 is 6.18 Å². The van der Waals surface area contributed by atoms with Crippen molar-refractivity contribution in [1.29, 1.82) is 0 Å². The lowest BCUT2D eigenvalue weighted by molar-refractivity contribution is -0.275. The van der Waals surface area contributed by atoms with Crippen LogP contribution in [-0.2, 0) is 20.0 Å². The van der Waals surface area contributed by atoms with Crippen molar-refractivity contribution < 1.29 is 36.8 Å². The van der Waals surface area contributed by atoms with Crippen LogP contribution in [0, 0.1) is 12.7 Å². The molecule has 1 amide bonds. The van der Waals surface area contributed by atoms with Crippen molar-refractivity contribution >= 4 is 40.7 Å². The molecule has 0 aromatic heterocycles. The molecule has 2 aliphatic rings. The predicted molar refractivity (Wildman–Crippen MR) is 119 cm³/mol. The summed E-state index contributed by atoms with van der Waals surface area (Å²) in [6.07, 6.45) is -6.09. The second-order valence-corrected chi connectivity index (χ2v) is 8.69. The molecule has 2 aliphatic heterocycles. The number of carbonyl (C=O) groups is 1. The summed E-state index contributed by atoms with van der Waals surface area (Å²) < 4.78 is 61.3. The van der Waals surface area contributed by atoms with E-state index >= 15 is 0 Å². The molecule has 1 N–H and O–H groups in total. The summed E-state index contributed by atoms with van der Waals surface area (Å²) in [7, 11) is 1.43. The first kappa shape index (κ1) is 25.1. The third-order valence-corrected chi connectivity index (χ3v) is 6.16. The van der Waals surface area contributed by atoms with Crippen LogP contribution in [0.1, 0.15) is 39.9 Å². The standard InChI is InChI=1S/C22H17Cl2F4N3O4/c1-10-5-11(3-4-13(10)20(32)29-17-8-18(33-2)31-34-17)16-9-21(35-30-16,22(26,27)28)12-6-14(23)19(25)15(24)7-12/h3-7,17H,8-9H2,1-2H3,(H,29,32)/t17?,21-/m0/s1. The van der Waals surface area contributed by atoms with E-state index in [1.165, 1.54) is 25.3 Å². The van der Waals surface area contributed by atoms with Gasteiger partial charge in [0.15, 0.2) is 5.82 Å². The summed E-state index contributed by atoms with van der Waals surface area (Å²) in [6, 6.07) is 6.05. The minimum absolute atomic E-state index is 0.0220. The Morgan fingerprint density at radius 1 is 1.20 bits per heavy atom. The van der Waals surface area contributed by atoms with Gasteiger partial charge in [0.1, 0.15) is 0 Å². The number of hydrogen-bond donors (Lipinski definition) is 1. The van der Waals surface area contributed by atoms with Crippen LogP contribution in [0.15, 0.2) is 40.6 Å². The summed E-state index contributed by atoms with van der Waals surface area (Å²) in [5.74, 6) is -1.17. The van der Waals surface area contributed by atoms with E-state index in [2.05, 4.69) is 15.6 Å². The predicted octanol–water partition coefficient (Wildman–Crippen LogP) is 5.46. The fourth-order valence-corrected chi connectivity index (χ4v) is 4.21. The van der Waals surface area contributed by atoms with Crippen molar-refractivity contribution in [3.8, 4) is 0 Å². The van der Waals surface area contributed by atoms with Crippen molar-refractivity contribution in [2.24, 2.45) is 10.3 Å². The molecular weight excluding hydrogens is 517 g/mol. The average molecular weight is 534 g/mol. The van der Waals surface area contributed by atoms with Crippen molar-refractivity contribution in [3.05, 3.63) is 68.4 Å². The number of carbonyl (C=O) groups excluding carboxylic acids is 1. The lowest BCUT2D eigenvalue weighted by Gasteiger charge is -2.29. The molecule has 0 fully saturated rings. The highest BCUT2D eigenvalue weighted by Crippen LogP contribution is 2.50. The third kappa shape index (κ3) is 4.62.